The van der Waals surface area contributed by atoms with Gasteiger partial charge in [0.1, 0.15) is 16.5 Å². The van der Waals surface area contributed by atoms with Gasteiger partial charge in [0.2, 0.25) is 5.88 Å². The maximum absolute atomic E-state index is 5.75. The van der Waals surface area contributed by atoms with Gasteiger partial charge in [-0.1, -0.05) is 43.2 Å². The Labute approximate surface area is 166 Å². The summed E-state index contributed by atoms with van der Waals surface area (Å²) in [5.41, 5.74) is 1.95. The predicted octanol–water partition coefficient (Wildman–Crippen LogP) is 5.48. The Balaban J connectivity index is 1.82. The minimum Gasteiger partial charge on any atom is -0.493 e. The van der Waals surface area contributed by atoms with Gasteiger partial charge in [-0.2, -0.15) is 0 Å². The second kappa shape index (κ2) is 8.74. The highest BCUT2D eigenvalue weighted by atomic mass is 32.1. The molecule has 0 amide bonds. The van der Waals surface area contributed by atoms with E-state index >= 15 is 0 Å². The van der Waals surface area contributed by atoms with E-state index in [2.05, 4.69) is 17.4 Å². The number of benzene rings is 1. The molecule has 1 aliphatic carbocycles. The van der Waals surface area contributed by atoms with Crippen LogP contribution in [0.3, 0.4) is 0 Å². The maximum Gasteiger partial charge on any atom is 0.229 e. The molecule has 1 aliphatic rings. The number of hydrogen-bond donors (Lipinski definition) is 1. The molecule has 0 spiro atoms. The third-order valence-electron chi connectivity index (χ3n) is 5.14. The predicted molar refractivity (Wildman–Crippen MR) is 111 cm³/mol. The van der Waals surface area contributed by atoms with Crippen LogP contribution >= 0.6 is 12.2 Å². The van der Waals surface area contributed by atoms with E-state index in [9.17, 15) is 0 Å². The molecule has 0 bridgehead atoms. The van der Waals surface area contributed by atoms with E-state index in [0.29, 0.717) is 35.6 Å². The topological polar surface area (TPSA) is 56.5 Å². The summed E-state index contributed by atoms with van der Waals surface area (Å²) in [4.78, 5) is 0.503. The van der Waals surface area contributed by atoms with Crippen molar-refractivity contribution in [2.24, 2.45) is 0 Å². The second-order valence-corrected chi connectivity index (χ2v) is 7.32. The molecular weight excluding hydrogens is 360 g/mol. The van der Waals surface area contributed by atoms with Crippen LogP contribution in [0.25, 0.3) is 0 Å². The lowest BCUT2D eigenvalue weighted by molar-refractivity contribution is 0.208. The van der Waals surface area contributed by atoms with Crippen molar-refractivity contribution in [3.63, 3.8) is 0 Å². The third-order valence-corrected chi connectivity index (χ3v) is 5.45. The lowest BCUT2D eigenvalue weighted by atomic mass is 9.64. The van der Waals surface area contributed by atoms with Gasteiger partial charge < -0.3 is 19.3 Å². The molecule has 0 unspecified atom stereocenters. The van der Waals surface area contributed by atoms with Gasteiger partial charge in [-0.25, -0.2) is 0 Å². The van der Waals surface area contributed by atoms with Crippen molar-refractivity contribution in [3.8, 4) is 11.5 Å². The van der Waals surface area contributed by atoms with E-state index in [0.717, 1.165) is 24.1 Å². The fourth-order valence-corrected chi connectivity index (χ4v) is 4.06. The molecule has 146 valence electrons. The third kappa shape index (κ3) is 4.10. The van der Waals surface area contributed by atoms with Gasteiger partial charge in [0.05, 0.1) is 24.5 Å². The number of nitrogens with zero attached hydrogens (tertiary/aromatic N) is 1. The number of aromatic nitrogens is 1. The van der Waals surface area contributed by atoms with Crippen LogP contribution in [0.2, 0.25) is 0 Å². The Hall–Kier alpha value is -2.08. The minimum absolute atomic E-state index is 0.180. The van der Waals surface area contributed by atoms with Crippen molar-refractivity contribution >= 4 is 23.1 Å². The molecule has 0 atom stereocenters. The smallest absolute Gasteiger partial charge is 0.229 e. The quantitative estimate of drug-likeness (QED) is 0.574. The summed E-state index contributed by atoms with van der Waals surface area (Å²) in [6.45, 7) is 7.22. The average molecular weight is 389 g/mol. The Morgan fingerprint density at radius 3 is 2.37 bits per heavy atom. The molecule has 1 aromatic carbocycles. The van der Waals surface area contributed by atoms with E-state index in [1.807, 2.05) is 38.1 Å². The largest absolute Gasteiger partial charge is 0.493 e. The number of rotatable bonds is 9. The van der Waals surface area contributed by atoms with Crippen LogP contribution in [0.5, 0.6) is 11.5 Å². The van der Waals surface area contributed by atoms with Crippen LogP contribution < -0.4 is 14.8 Å². The van der Waals surface area contributed by atoms with Crippen molar-refractivity contribution in [2.45, 2.75) is 58.3 Å². The standard InChI is InChI=1S/C21H28N2O3S/c1-4-11-21(12-8-13-21)17-14-18(26-23-17)22-20(27)19-15(24-5-2)9-7-10-16(19)25-6-3/h7,9-10,14H,4-6,8,11-13H2,1-3H3,(H,22,27). The minimum atomic E-state index is 0.180. The first kappa shape index (κ1) is 19.7. The summed E-state index contributed by atoms with van der Waals surface area (Å²) in [5.74, 6) is 1.95. The summed E-state index contributed by atoms with van der Waals surface area (Å²) in [6.07, 6.45) is 5.91. The Morgan fingerprint density at radius 2 is 1.85 bits per heavy atom. The maximum atomic E-state index is 5.75. The molecule has 5 nitrogen and oxygen atoms in total. The van der Waals surface area contributed by atoms with E-state index in [1.54, 1.807) is 0 Å². The van der Waals surface area contributed by atoms with Gasteiger partial charge in [-0.15, -0.1) is 0 Å². The van der Waals surface area contributed by atoms with Crippen molar-refractivity contribution in [1.82, 2.24) is 5.16 Å². The summed E-state index contributed by atoms with van der Waals surface area (Å²) in [6, 6.07) is 7.68. The van der Waals surface area contributed by atoms with Gasteiger partial charge in [-0.05, 0) is 45.2 Å². The lowest BCUT2D eigenvalue weighted by Gasteiger charge is -2.40. The fraction of sp³-hybridized carbons (Fsp3) is 0.524. The molecule has 1 N–H and O–H groups in total. The van der Waals surface area contributed by atoms with Crippen LogP contribution in [0.4, 0.5) is 5.88 Å². The first-order chi connectivity index (χ1) is 13.1. The van der Waals surface area contributed by atoms with Crippen molar-refractivity contribution < 1.29 is 14.0 Å². The fourth-order valence-electron chi connectivity index (χ4n) is 3.76. The second-order valence-electron chi connectivity index (χ2n) is 6.91. The highest BCUT2D eigenvalue weighted by Gasteiger charge is 2.40. The number of ether oxygens (including phenoxy) is 2. The van der Waals surface area contributed by atoms with Crippen molar-refractivity contribution in [2.75, 3.05) is 18.5 Å². The van der Waals surface area contributed by atoms with Crippen LogP contribution in [0, 0.1) is 0 Å². The molecule has 3 rings (SSSR count). The zero-order valence-corrected chi connectivity index (χ0v) is 17.2. The van der Waals surface area contributed by atoms with Gasteiger partial charge in [0.15, 0.2) is 0 Å². The molecule has 1 heterocycles. The molecule has 0 radical (unpaired) electrons. The first-order valence-corrected chi connectivity index (χ1v) is 10.2. The molecule has 1 saturated carbocycles. The number of nitrogens with one attached hydrogen (secondary N) is 1. The van der Waals surface area contributed by atoms with E-state index < -0.39 is 0 Å². The van der Waals surface area contributed by atoms with Gasteiger partial charge in [0, 0.05) is 11.5 Å². The van der Waals surface area contributed by atoms with Crippen LogP contribution in [-0.4, -0.2) is 23.4 Å². The molecule has 0 aliphatic heterocycles. The van der Waals surface area contributed by atoms with Crippen LogP contribution in [-0.2, 0) is 5.41 Å². The molecule has 6 heteroatoms. The summed E-state index contributed by atoms with van der Waals surface area (Å²) in [7, 11) is 0. The normalized spacial score (nSPS) is 15.1. The first-order valence-electron chi connectivity index (χ1n) is 9.80. The molecule has 1 fully saturated rings. The monoisotopic (exact) mass is 388 g/mol. The lowest BCUT2D eigenvalue weighted by Crippen LogP contribution is -2.34. The zero-order chi connectivity index (χ0) is 19.3. The van der Waals surface area contributed by atoms with Crippen molar-refractivity contribution in [1.29, 1.82) is 0 Å². The Morgan fingerprint density at radius 1 is 1.19 bits per heavy atom. The highest BCUT2D eigenvalue weighted by molar-refractivity contribution is 7.81. The van der Waals surface area contributed by atoms with E-state index in [1.165, 1.54) is 19.3 Å². The van der Waals surface area contributed by atoms with Crippen LogP contribution in [0.1, 0.15) is 64.1 Å². The van der Waals surface area contributed by atoms with Crippen molar-refractivity contribution in [3.05, 3.63) is 35.5 Å². The Kier molecular flexibility index (Phi) is 6.37. The van der Waals surface area contributed by atoms with E-state index in [4.69, 9.17) is 26.2 Å². The Bertz CT molecular complexity index is 759. The van der Waals surface area contributed by atoms with Crippen LogP contribution in [0.15, 0.2) is 28.8 Å². The average Bonchev–Trinajstić information content (AvgIpc) is 3.07. The molecule has 1 aromatic heterocycles. The molecule has 0 saturated heterocycles. The highest BCUT2D eigenvalue weighted by Crippen LogP contribution is 2.47. The van der Waals surface area contributed by atoms with E-state index in [-0.39, 0.29) is 5.41 Å². The van der Waals surface area contributed by atoms with Gasteiger partial charge >= 0.3 is 0 Å². The number of anilines is 1. The summed E-state index contributed by atoms with van der Waals surface area (Å²) in [5, 5.41) is 7.51. The summed E-state index contributed by atoms with van der Waals surface area (Å²) < 4.78 is 17.0. The molecular formula is C21H28N2O3S. The number of thiocarbonyl (C=S) groups is 1. The van der Waals surface area contributed by atoms with Gasteiger partial charge in [-0.3, -0.25) is 0 Å². The molecule has 2 aromatic rings. The van der Waals surface area contributed by atoms with Gasteiger partial charge in [0.25, 0.3) is 0 Å². The zero-order valence-electron chi connectivity index (χ0n) is 16.3. The number of hydrogen-bond acceptors (Lipinski definition) is 5. The SMILES string of the molecule is CCCC1(c2cc(NC(=S)c3c(OCC)cccc3OCC)on2)CCC1. The summed E-state index contributed by atoms with van der Waals surface area (Å²) >= 11 is 5.64. The molecule has 27 heavy (non-hydrogen) atoms.